The van der Waals surface area contributed by atoms with Crippen LogP contribution < -0.4 is 15.1 Å². The SMILES string of the molecule is CCN(CC)c1nc(NC)nc(N(CC#N)CC#N)n1. The van der Waals surface area contributed by atoms with E-state index in [0.717, 1.165) is 13.1 Å². The number of hydrogen-bond donors (Lipinski definition) is 1. The molecule has 20 heavy (non-hydrogen) atoms. The third-order valence-corrected chi connectivity index (χ3v) is 2.69. The number of nitriles is 2. The maximum Gasteiger partial charge on any atom is 0.233 e. The summed E-state index contributed by atoms with van der Waals surface area (Å²) in [4.78, 5) is 16.3. The van der Waals surface area contributed by atoms with E-state index in [2.05, 4.69) is 20.3 Å². The van der Waals surface area contributed by atoms with Crippen LogP contribution in [0.1, 0.15) is 13.8 Å². The number of anilines is 3. The number of rotatable bonds is 7. The summed E-state index contributed by atoms with van der Waals surface area (Å²) in [5, 5.41) is 20.5. The van der Waals surface area contributed by atoms with Gasteiger partial charge in [-0.2, -0.15) is 25.5 Å². The average molecular weight is 274 g/mol. The topological polar surface area (TPSA) is 105 Å². The van der Waals surface area contributed by atoms with Gasteiger partial charge in [-0.05, 0) is 13.8 Å². The minimum atomic E-state index is 0.0540. The Morgan fingerprint density at radius 3 is 1.85 bits per heavy atom. The predicted octanol–water partition coefficient (Wildman–Crippen LogP) is 0.613. The van der Waals surface area contributed by atoms with E-state index >= 15 is 0 Å². The molecule has 0 fully saturated rings. The second-order valence-electron chi connectivity index (χ2n) is 3.85. The highest BCUT2D eigenvalue weighted by molar-refractivity contribution is 5.46. The normalized spacial score (nSPS) is 9.45. The van der Waals surface area contributed by atoms with Crippen molar-refractivity contribution in [2.75, 3.05) is 48.3 Å². The van der Waals surface area contributed by atoms with Gasteiger partial charge in [0.1, 0.15) is 13.1 Å². The van der Waals surface area contributed by atoms with E-state index in [1.54, 1.807) is 7.05 Å². The van der Waals surface area contributed by atoms with Crippen LogP contribution >= 0.6 is 0 Å². The molecule has 1 rings (SSSR count). The van der Waals surface area contributed by atoms with E-state index in [1.165, 1.54) is 4.90 Å². The number of aromatic nitrogens is 3. The van der Waals surface area contributed by atoms with Crippen LogP contribution in [-0.2, 0) is 0 Å². The van der Waals surface area contributed by atoms with Gasteiger partial charge in [0.15, 0.2) is 0 Å². The van der Waals surface area contributed by atoms with Crippen molar-refractivity contribution < 1.29 is 0 Å². The molecule has 0 aliphatic carbocycles. The maximum absolute atomic E-state index is 8.82. The third kappa shape index (κ3) is 3.69. The molecular formula is C12H18N8. The second-order valence-corrected chi connectivity index (χ2v) is 3.85. The summed E-state index contributed by atoms with van der Waals surface area (Å²) in [5.74, 6) is 1.28. The Morgan fingerprint density at radius 2 is 1.45 bits per heavy atom. The highest BCUT2D eigenvalue weighted by Crippen LogP contribution is 2.16. The van der Waals surface area contributed by atoms with Crippen molar-refractivity contribution in [1.82, 2.24) is 15.0 Å². The number of nitrogens with zero attached hydrogens (tertiary/aromatic N) is 7. The lowest BCUT2D eigenvalue weighted by Crippen LogP contribution is -2.29. The molecular weight excluding hydrogens is 256 g/mol. The molecule has 0 unspecified atom stereocenters. The maximum atomic E-state index is 8.82. The third-order valence-electron chi connectivity index (χ3n) is 2.69. The zero-order valence-electron chi connectivity index (χ0n) is 12.0. The van der Waals surface area contributed by atoms with Crippen LogP contribution in [0.25, 0.3) is 0 Å². The molecule has 0 radical (unpaired) electrons. The molecule has 0 aliphatic heterocycles. The molecule has 0 atom stereocenters. The average Bonchev–Trinajstić information content (AvgIpc) is 2.48. The second kappa shape index (κ2) is 7.74. The number of hydrogen-bond acceptors (Lipinski definition) is 8. The summed E-state index contributed by atoms with van der Waals surface area (Å²) in [6.07, 6.45) is 0. The lowest BCUT2D eigenvalue weighted by atomic mass is 10.5. The van der Waals surface area contributed by atoms with Crippen LogP contribution in [0, 0.1) is 22.7 Å². The fourth-order valence-corrected chi connectivity index (χ4v) is 1.62. The van der Waals surface area contributed by atoms with Gasteiger partial charge in [-0.25, -0.2) is 0 Å². The fraction of sp³-hybridized carbons (Fsp3) is 0.583. The van der Waals surface area contributed by atoms with E-state index in [4.69, 9.17) is 10.5 Å². The molecule has 0 saturated carbocycles. The van der Waals surface area contributed by atoms with Crippen molar-refractivity contribution in [2.45, 2.75) is 13.8 Å². The van der Waals surface area contributed by atoms with Crippen molar-refractivity contribution in [2.24, 2.45) is 0 Å². The predicted molar refractivity (Wildman–Crippen MR) is 76.4 cm³/mol. The molecule has 8 nitrogen and oxygen atoms in total. The molecule has 1 heterocycles. The molecule has 0 saturated heterocycles. The first-order chi connectivity index (χ1) is 9.69. The molecule has 8 heteroatoms. The highest BCUT2D eigenvalue weighted by Gasteiger charge is 2.15. The first kappa shape index (κ1) is 15.4. The van der Waals surface area contributed by atoms with Crippen molar-refractivity contribution in [3.05, 3.63) is 0 Å². The van der Waals surface area contributed by atoms with Crippen LogP contribution in [0.3, 0.4) is 0 Å². The number of nitrogens with one attached hydrogen (secondary N) is 1. The van der Waals surface area contributed by atoms with E-state index in [-0.39, 0.29) is 13.1 Å². The molecule has 1 aromatic heterocycles. The summed E-state index contributed by atoms with van der Waals surface area (Å²) >= 11 is 0. The largest absolute Gasteiger partial charge is 0.357 e. The Balaban J connectivity index is 3.21. The molecule has 0 aliphatic rings. The smallest absolute Gasteiger partial charge is 0.233 e. The van der Waals surface area contributed by atoms with Gasteiger partial charge in [0.2, 0.25) is 17.8 Å². The first-order valence-electron chi connectivity index (χ1n) is 6.37. The molecule has 0 amide bonds. The van der Waals surface area contributed by atoms with E-state index in [0.29, 0.717) is 17.8 Å². The van der Waals surface area contributed by atoms with Crippen LogP contribution in [-0.4, -0.2) is 48.2 Å². The molecule has 1 N–H and O–H groups in total. The van der Waals surface area contributed by atoms with Crippen molar-refractivity contribution in [3.63, 3.8) is 0 Å². The Kier molecular flexibility index (Phi) is 5.98. The zero-order chi connectivity index (χ0) is 15.0. The van der Waals surface area contributed by atoms with Crippen LogP contribution in [0.15, 0.2) is 0 Å². The molecule has 106 valence electrons. The lowest BCUT2D eigenvalue weighted by molar-refractivity contribution is 0.798. The standard InChI is InChI=1S/C12H18N8/c1-4-19(5-2)11-16-10(15-3)17-12(18-11)20(8-6-13)9-7-14/h4-5,8-9H2,1-3H3,(H,15,16,17,18). The van der Waals surface area contributed by atoms with Crippen LogP contribution in [0.4, 0.5) is 17.8 Å². The van der Waals surface area contributed by atoms with Crippen molar-refractivity contribution in [1.29, 1.82) is 10.5 Å². The summed E-state index contributed by atoms with van der Waals surface area (Å²) < 4.78 is 0. The summed E-state index contributed by atoms with van der Waals surface area (Å²) in [6, 6.07) is 4.01. The minimum Gasteiger partial charge on any atom is -0.357 e. The van der Waals surface area contributed by atoms with E-state index in [9.17, 15) is 0 Å². The quantitative estimate of drug-likeness (QED) is 0.721. The molecule has 0 aromatic carbocycles. The van der Waals surface area contributed by atoms with Gasteiger partial charge in [-0.3, -0.25) is 0 Å². The van der Waals surface area contributed by atoms with Gasteiger partial charge < -0.3 is 15.1 Å². The van der Waals surface area contributed by atoms with Gasteiger partial charge in [-0.15, -0.1) is 0 Å². The molecule has 0 spiro atoms. The summed E-state index contributed by atoms with van der Waals surface area (Å²) in [5.41, 5.74) is 0. The van der Waals surface area contributed by atoms with Gasteiger partial charge in [0.05, 0.1) is 12.1 Å². The van der Waals surface area contributed by atoms with E-state index < -0.39 is 0 Å². The van der Waals surface area contributed by atoms with Crippen LogP contribution in [0.5, 0.6) is 0 Å². The van der Waals surface area contributed by atoms with Gasteiger partial charge in [0, 0.05) is 20.1 Å². The Morgan fingerprint density at radius 1 is 0.950 bits per heavy atom. The van der Waals surface area contributed by atoms with Crippen molar-refractivity contribution in [3.8, 4) is 12.1 Å². The van der Waals surface area contributed by atoms with E-state index in [1.807, 2.05) is 30.9 Å². The van der Waals surface area contributed by atoms with Gasteiger partial charge in [0.25, 0.3) is 0 Å². The monoisotopic (exact) mass is 274 g/mol. The summed E-state index contributed by atoms with van der Waals surface area (Å²) in [7, 11) is 1.71. The molecule has 0 bridgehead atoms. The Bertz CT molecular complexity index is 495. The van der Waals surface area contributed by atoms with Gasteiger partial charge in [-0.1, -0.05) is 0 Å². The minimum absolute atomic E-state index is 0.0540. The Hall–Kier alpha value is -2.61. The van der Waals surface area contributed by atoms with Gasteiger partial charge >= 0.3 is 0 Å². The highest BCUT2D eigenvalue weighted by atomic mass is 15.4. The zero-order valence-corrected chi connectivity index (χ0v) is 12.0. The Labute approximate surface area is 118 Å². The van der Waals surface area contributed by atoms with Crippen LogP contribution in [0.2, 0.25) is 0 Å². The fourth-order valence-electron chi connectivity index (χ4n) is 1.62. The summed E-state index contributed by atoms with van der Waals surface area (Å²) in [6.45, 7) is 5.65. The molecule has 1 aromatic rings. The lowest BCUT2D eigenvalue weighted by Gasteiger charge is -2.22. The first-order valence-corrected chi connectivity index (χ1v) is 6.37. The van der Waals surface area contributed by atoms with Crippen molar-refractivity contribution >= 4 is 17.8 Å².